The average molecular weight is 354 g/mol. The molecule has 3 rings (SSSR count). The maximum absolute atomic E-state index is 12.9. The highest BCUT2D eigenvalue weighted by Crippen LogP contribution is 2.36. The van der Waals surface area contributed by atoms with E-state index in [2.05, 4.69) is 10.2 Å². The quantitative estimate of drug-likeness (QED) is 0.856. The van der Waals surface area contributed by atoms with E-state index < -0.39 is 11.7 Å². The van der Waals surface area contributed by atoms with Gasteiger partial charge in [-0.25, -0.2) is 0 Å². The first-order valence-electron chi connectivity index (χ1n) is 6.28. The Morgan fingerprint density at radius 3 is 2.68 bits per heavy atom. The molecule has 0 amide bonds. The van der Waals surface area contributed by atoms with Gasteiger partial charge in [0.1, 0.15) is 0 Å². The highest BCUT2D eigenvalue weighted by Gasteiger charge is 2.38. The van der Waals surface area contributed by atoms with Crippen LogP contribution in [0, 0.1) is 5.41 Å². The molecule has 1 fully saturated rings. The number of hydrogen-bond donors (Lipinski definition) is 1. The lowest BCUT2D eigenvalue weighted by atomic mass is 9.90. The number of halogens is 4. The van der Waals surface area contributed by atoms with Crippen molar-refractivity contribution < 1.29 is 23.0 Å². The van der Waals surface area contributed by atoms with Crippen molar-refractivity contribution in [2.24, 2.45) is 5.41 Å². The number of aliphatic hydroxyl groups is 1. The number of rotatable bonds is 4. The van der Waals surface area contributed by atoms with Gasteiger partial charge in [0, 0.05) is 17.4 Å². The fraction of sp³-hybridized carbons (Fsp3) is 0.500. The number of ether oxygens (including phenoxy) is 1. The van der Waals surface area contributed by atoms with Crippen LogP contribution in [0.3, 0.4) is 0 Å². The van der Waals surface area contributed by atoms with E-state index >= 15 is 0 Å². The second-order valence-corrected chi connectivity index (χ2v) is 6.54. The van der Waals surface area contributed by atoms with Gasteiger partial charge < -0.3 is 9.84 Å². The van der Waals surface area contributed by atoms with Crippen molar-refractivity contribution in [3.8, 4) is 0 Å². The Balaban J connectivity index is 1.91. The molecule has 3 heterocycles. The van der Waals surface area contributed by atoms with E-state index in [1.165, 1.54) is 16.2 Å². The van der Waals surface area contributed by atoms with E-state index in [0.29, 0.717) is 24.1 Å². The second-order valence-electron chi connectivity index (χ2n) is 5.19. The molecular formula is C12H11ClF3N3O2S. The highest BCUT2D eigenvalue weighted by molar-refractivity contribution is 7.99. The third kappa shape index (κ3) is 2.78. The Hall–Kier alpha value is -1.03. The van der Waals surface area contributed by atoms with Crippen LogP contribution in [0.15, 0.2) is 17.4 Å². The van der Waals surface area contributed by atoms with Crippen LogP contribution in [0.2, 0.25) is 5.02 Å². The zero-order valence-electron chi connectivity index (χ0n) is 11.1. The fourth-order valence-electron chi connectivity index (χ4n) is 2.02. The van der Waals surface area contributed by atoms with Crippen molar-refractivity contribution >= 4 is 29.0 Å². The fourth-order valence-corrected chi connectivity index (χ4v) is 3.33. The molecule has 0 saturated carbocycles. The number of hydrogen-bond acceptors (Lipinski definition) is 5. The second kappa shape index (κ2) is 5.55. The topological polar surface area (TPSA) is 59.7 Å². The van der Waals surface area contributed by atoms with Crippen LogP contribution in [0.1, 0.15) is 5.56 Å². The summed E-state index contributed by atoms with van der Waals surface area (Å²) < 4.78 is 44.9. The number of aromatic nitrogens is 3. The molecule has 1 saturated heterocycles. The Kier molecular flexibility index (Phi) is 4.00. The standard InChI is InChI=1S/C12H11ClF3N3O2S/c13-8-1-7(12(14,15)16)2-19-9(8)17-18-10(19)22-6-11(3-20)4-21-5-11/h1-2,20H,3-6H2. The zero-order chi connectivity index (χ0) is 16.0. The monoisotopic (exact) mass is 353 g/mol. The average Bonchev–Trinajstić information content (AvgIpc) is 2.81. The minimum Gasteiger partial charge on any atom is -0.396 e. The van der Waals surface area contributed by atoms with Crippen molar-refractivity contribution in [3.63, 3.8) is 0 Å². The van der Waals surface area contributed by atoms with E-state index in [4.69, 9.17) is 16.3 Å². The Morgan fingerprint density at radius 1 is 1.41 bits per heavy atom. The lowest BCUT2D eigenvalue weighted by Crippen LogP contribution is -2.47. The molecule has 2 aromatic rings. The Labute approximate surface area is 132 Å². The summed E-state index contributed by atoms with van der Waals surface area (Å²) in [6.45, 7) is 0.787. The van der Waals surface area contributed by atoms with Gasteiger partial charge in [-0.15, -0.1) is 10.2 Å². The molecule has 120 valence electrons. The molecule has 10 heteroatoms. The predicted octanol–water partition coefficient (Wildman–Crippen LogP) is 2.50. The van der Waals surface area contributed by atoms with Gasteiger partial charge in [-0.1, -0.05) is 23.4 Å². The summed E-state index contributed by atoms with van der Waals surface area (Å²) >= 11 is 7.06. The van der Waals surface area contributed by atoms with Gasteiger partial charge in [0.15, 0.2) is 10.8 Å². The third-order valence-electron chi connectivity index (χ3n) is 3.42. The van der Waals surface area contributed by atoms with E-state index in [1.54, 1.807) is 0 Å². The van der Waals surface area contributed by atoms with Crippen molar-refractivity contribution in [1.82, 2.24) is 14.6 Å². The van der Waals surface area contributed by atoms with Crippen molar-refractivity contribution in [1.29, 1.82) is 0 Å². The summed E-state index contributed by atoms with van der Waals surface area (Å²) in [6, 6.07) is 0.828. The largest absolute Gasteiger partial charge is 0.417 e. The van der Waals surface area contributed by atoms with Crippen LogP contribution in [0.25, 0.3) is 5.65 Å². The smallest absolute Gasteiger partial charge is 0.396 e. The molecule has 5 nitrogen and oxygen atoms in total. The van der Waals surface area contributed by atoms with E-state index in [0.717, 1.165) is 12.3 Å². The number of fused-ring (bicyclic) bond motifs is 1. The molecule has 0 radical (unpaired) electrons. The van der Waals surface area contributed by atoms with E-state index in [1.807, 2.05) is 0 Å². The molecule has 0 aromatic carbocycles. The van der Waals surface area contributed by atoms with Crippen LogP contribution < -0.4 is 0 Å². The van der Waals surface area contributed by atoms with Gasteiger partial charge in [-0.2, -0.15) is 13.2 Å². The number of alkyl halides is 3. The molecule has 0 unspecified atom stereocenters. The normalized spacial score (nSPS) is 17.7. The molecule has 22 heavy (non-hydrogen) atoms. The van der Waals surface area contributed by atoms with Crippen LogP contribution >= 0.6 is 23.4 Å². The Morgan fingerprint density at radius 2 is 2.14 bits per heavy atom. The van der Waals surface area contributed by atoms with Gasteiger partial charge >= 0.3 is 6.18 Å². The first-order chi connectivity index (χ1) is 10.3. The molecule has 0 bridgehead atoms. The minimum atomic E-state index is -4.50. The molecule has 1 aliphatic heterocycles. The Bertz CT molecular complexity index is 697. The SMILES string of the molecule is OCC1(CSc2nnc3c(Cl)cc(C(F)(F)F)cn23)COC1. The number of aliphatic hydroxyl groups excluding tert-OH is 1. The molecule has 0 atom stereocenters. The summed E-state index contributed by atoms with van der Waals surface area (Å²) in [7, 11) is 0. The summed E-state index contributed by atoms with van der Waals surface area (Å²) in [5.74, 6) is 0.470. The lowest BCUT2D eigenvalue weighted by Gasteiger charge is -2.39. The number of thioether (sulfide) groups is 1. The van der Waals surface area contributed by atoms with Gasteiger partial charge in [-0.3, -0.25) is 4.40 Å². The molecular weight excluding hydrogens is 343 g/mol. The van der Waals surface area contributed by atoms with Crippen LogP contribution in [-0.4, -0.2) is 45.3 Å². The molecule has 1 aliphatic rings. The van der Waals surface area contributed by atoms with Crippen LogP contribution in [-0.2, 0) is 10.9 Å². The summed E-state index contributed by atoms with van der Waals surface area (Å²) in [5, 5.41) is 17.2. The van der Waals surface area contributed by atoms with Gasteiger partial charge in [0.2, 0.25) is 0 Å². The molecule has 0 aliphatic carbocycles. The van der Waals surface area contributed by atoms with Gasteiger partial charge in [-0.05, 0) is 6.07 Å². The highest BCUT2D eigenvalue weighted by atomic mass is 35.5. The maximum atomic E-state index is 12.9. The van der Waals surface area contributed by atoms with Crippen LogP contribution in [0.4, 0.5) is 13.2 Å². The van der Waals surface area contributed by atoms with E-state index in [9.17, 15) is 18.3 Å². The molecule has 1 N–H and O–H groups in total. The summed E-state index contributed by atoms with van der Waals surface area (Å²) in [5.41, 5.74) is -1.07. The molecule has 0 spiro atoms. The molecule has 2 aromatic heterocycles. The van der Waals surface area contributed by atoms with Crippen molar-refractivity contribution in [3.05, 3.63) is 22.8 Å². The predicted molar refractivity (Wildman–Crippen MR) is 74.1 cm³/mol. The maximum Gasteiger partial charge on any atom is 0.417 e. The zero-order valence-corrected chi connectivity index (χ0v) is 12.7. The third-order valence-corrected chi connectivity index (χ3v) is 4.99. The van der Waals surface area contributed by atoms with E-state index in [-0.39, 0.29) is 22.7 Å². The first kappa shape index (κ1) is 15.9. The minimum absolute atomic E-state index is 0.0503. The first-order valence-corrected chi connectivity index (χ1v) is 7.64. The van der Waals surface area contributed by atoms with Gasteiger partial charge in [0.05, 0.1) is 30.4 Å². The summed E-state index contributed by atoms with van der Waals surface area (Å²) in [6.07, 6.45) is -3.58. The number of nitrogens with zero attached hydrogens (tertiary/aromatic N) is 3. The lowest BCUT2D eigenvalue weighted by molar-refractivity contribution is -0.137. The van der Waals surface area contributed by atoms with Gasteiger partial charge in [0.25, 0.3) is 0 Å². The van der Waals surface area contributed by atoms with Crippen molar-refractivity contribution in [2.75, 3.05) is 25.6 Å². The summed E-state index contributed by atoms with van der Waals surface area (Å²) in [4.78, 5) is 0. The van der Waals surface area contributed by atoms with Crippen molar-refractivity contribution in [2.45, 2.75) is 11.3 Å². The van der Waals surface area contributed by atoms with Crippen LogP contribution in [0.5, 0.6) is 0 Å². The number of pyridine rings is 1.